The molecule has 0 saturated carbocycles. The summed E-state index contributed by atoms with van der Waals surface area (Å²) in [5.74, 6) is -2.28. The second-order valence-corrected chi connectivity index (χ2v) is 6.65. The molecule has 0 aliphatic heterocycles. The smallest absolute Gasteiger partial charge is 0.337 e. The molecule has 0 aliphatic carbocycles. The Morgan fingerprint density at radius 2 is 1.53 bits per heavy atom. The van der Waals surface area contributed by atoms with Crippen LogP contribution in [0.3, 0.4) is 0 Å². The molecule has 0 fully saturated rings. The van der Waals surface area contributed by atoms with Gasteiger partial charge in [-0.1, -0.05) is 0 Å². The fourth-order valence-electron chi connectivity index (χ4n) is 1.35. The number of primary amides is 1. The Bertz CT molecular complexity index is 560. The van der Waals surface area contributed by atoms with Crippen LogP contribution in [-0.2, 0) is 4.79 Å². The molecule has 9 heteroatoms. The van der Waals surface area contributed by atoms with Gasteiger partial charge >= 0.3 is 5.97 Å². The number of carboxylic acids is 1. The topological polar surface area (TPSA) is 109 Å². The van der Waals surface area contributed by atoms with E-state index in [2.05, 4.69) is 5.32 Å². The van der Waals surface area contributed by atoms with E-state index in [0.717, 1.165) is 0 Å². The molecule has 2 amide bonds. The average molecular weight is 600 g/mol. The van der Waals surface area contributed by atoms with Crippen molar-refractivity contribution < 1.29 is 19.5 Å². The van der Waals surface area contributed by atoms with Crippen molar-refractivity contribution in [3.05, 3.63) is 21.8 Å². The van der Waals surface area contributed by atoms with Crippen LogP contribution < -0.4 is 11.1 Å². The van der Waals surface area contributed by atoms with Crippen LogP contribution in [0.2, 0.25) is 0 Å². The highest BCUT2D eigenvalue weighted by Crippen LogP contribution is 2.35. The highest BCUT2D eigenvalue weighted by Gasteiger charge is 2.26. The van der Waals surface area contributed by atoms with Crippen LogP contribution in [0.25, 0.3) is 0 Å². The van der Waals surface area contributed by atoms with Gasteiger partial charge in [-0.25, -0.2) is 4.79 Å². The molecule has 102 valence electrons. The third-order valence-electron chi connectivity index (χ3n) is 2.08. The molecule has 0 saturated heterocycles. The molecule has 0 radical (unpaired) electrons. The molecule has 1 aromatic carbocycles. The van der Waals surface area contributed by atoms with E-state index in [1.807, 2.05) is 45.2 Å². The van der Waals surface area contributed by atoms with Crippen molar-refractivity contribution in [2.24, 2.45) is 5.73 Å². The molecule has 0 aromatic heterocycles. The van der Waals surface area contributed by atoms with Crippen molar-refractivity contribution in [2.45, 2.75) is 6.92 Å². The van der Waals surface area contributed by atoms with Crippen molar-refractivity contribution in [3.63, 3.8) is 0 Å². The number of carbonyl (C=O) groups is 3. The normalized spacial score (nSPS) is 10.1. The third-order valence-corrected chi connectivity index (χ3v) is 5.31. The predicted molar refractivity (Wildman–Crippen MR) is 94.4 cm³/mol. The Kier molecular flexibility index (Phi) is 5.78. The van der Waals surface area contributed by atoms with Crippen LogP contribution in [0, 0.1) is 10.7 Å². The number of hydrogen-bond donors (Lipinski definition) is 3. The highest BCUT2D eigenvalue weighted by atomic mass is 127. The standard InChI is InChI=1S/C10H7I3N2O4/c1-2(16)15-8-6(12)3(9(14)17)5(11)4(7(8)13)10(18)19/h1H3,(H2,14,17)(H,15,16)(H,18,19). The molecular weight excluding hydrogens is 593 g/mol. The molecule has 0 atom stereocenters. The maximum atomic E-state index is 11.5. The van der Waals surface area contributed by atoms with E-state index in [0.29, 0.717) is 12.8 Å². The summed E-state index contributed by atoms with van der Waals surface area (Å²) in [4.78, 5) is 33.9. The predicted octanol–water partition coefficient (Wildman–Crippen LogP) is 2.26. The van der Waals surface area contributed by atoms with Crippen molar-refractivity contribution in [3.8, 4) is 0 Å². The number of amides is 2. The third kappa shape index (κ3) is 3.48. The maximum absolute atomic E-state index is 11.5. The largest absolute Gasteiger partial charge is 0.478 e. The summed E-state index contributed by atoms with van der Waals surface area (Å²) >= 11 is 5.46. The number of carboxylic acid groups (broad SMARTS) is 1. The second kappa shape index (κ2) is 6.51. The molecule has 0 heterocycles. The monoisotopic (exact) mass is 600 g/mol. The summed E-state index contributed by atoms with van der Waals surface area (Å²) in [6.45, 7) is 1.30. The summed E-state index contributed by atoms with van der Waals surface area (Å²) in [6.07, 6.45) is 0. The van der Waals surface area contributed by atoms with E-state index >= 15 is 0 Å². The lowest BCUT2D eigenvalue weighted by molar-refractivity contribution is -0.114. The van der Waals surface area contributed by atoms with Crippen molar-refractivity contribution >= 4 is 91.2 Å². The van der Waals surface area contributed by atoms with Gasteiger partial charge in [0, 0.05) is 10.5 Å². The number of aromatic carboxylic acids is 1. The fourth-order valence-corrected chi connectivity index (χ4v) is 5.78. The van der Waals surface area contributed by atoms with E-state index in [-0.39, 0.29) is 20.6 Å². The molecule has 1 rings (SSSR count). The molecule has 0 bridgehead atoms. The van der Waals surface area contributed by atoms with Crippen LogP contribution in [0.1, 0.15) is 27.6 Å². The Morgan fingerprint density at radius 3 is 1.89 bits per heavy atom. The van der Waals surface area contributed by atoms with Crippen molar-refractivity contribution in [1.82, 2.24) is 0 Å². The van der Waals surface area contributed by atoms with Crippen molar-refractivity contribution in [2.75, 3.05) is 5.32 Å². The first kappa shape index (κ1) is 16.9. The lowest BCUT2D eigenvalue weighted by Crippen LogP contribution is -2.21. The van der Waals surface area contributed by atoms with E-state index in [4.69, 9.17) is 5.73 Å². The number of nitrogens with one attached hydrogen (secondary N) is 1. The number of nitrogens with two attached hydrogens (primary N) is 1. The number of anilines is 1. The minimum absolute atomic E-state index is 0.0424. The van der Waals surface area contributed by atoms with Crippen LogP contribution >= 0.6 is 67.8 Å². The first-order valence-corrected chi connectivity index (χ1v) is 7.93. The average Bonchev–Trinajstić information content (AvgIpc) is 2.22. The summed E-state index contributed by atoms with van der Waals surface area (Å²) in [7, 11) is 0. The zero-order valence-corrected chi connectivity index (χ0v) is 15.9. The Hall–Kier alpha value is -0.180. The molecule has 0 unspecified atom stereocenters. The fraction of sp³-hybridized carbons (Fsp3) is 0.100. The Labute approximate surface area is 149 Å². The molecule has 19 heavy (non-hydrogen) atoms. The molecule has 0 spiro atoms. The lowest BCUT2D eigenvalue weighted by atomic mass is 10.1. The maximum Gasteiger partial charge on any atom is 0.337 e. The van der Waals surface area contributed by atoms with Gasteiger partial charge in [-0.2, -0.15) is 0 Å². The van der Waals surface area contributed by atoms with Gasteiger partial charge in [0.2, 0.25) is 5.91 Å². The summed E-state index contributed by atoms with van der Waals surface area (Å²) < 4.78 is 1.05. The quantitative estimate of drug-likeness (QED) is 0.463. The summed E-state index contributed by atoms with van der Waals surface area (Å²) in [5.41, 5.74) is 5.63. The first-order chi connectivity index (χ1) is 8.68. The van der Waals surface area contributed by atoms with Gasteiger partial charge in [-0.05, 0) is 67.8 Å². The van der Waals surface area contributed by atoms with E-state index in [9.17, 15) is 19.5 Å². The van der Waals surface area contributed by atoms with Crippen LogP contribution in [0.5, 0.6) is 0 Å². The molecule has 1 aromatic rings. The summed E-state index contributed by atoms with van der Waals surface area (Å²) in [6, 6.07) is 0. The molecule has 0 aliphatic rings. The highest BCUT2D eigenvalue weighted by molar-refractivity contribution is 14.1. The molecule has 6 nitrogen and oxygen atoms in total. The van der Waals surface area contributed by atoms with Gasteiger partial charge in [-0.3, -0.25) is 9.59 Å². The summed E-state index contributed by atoms with van der Waals surface area (Å²) in [5, 5.41) is 11.8. The van der Waals surface area contributed by atoms with Crippen LogP contribution in [-0.4, -0.2) is 22.9 Å². The molecule has 4 N–H and O–H groups in total. The Balaban J connectivity index is 3.79. The number of benzene rings is 1. The molecular formula is C10H7I3N2O4. The lowest BCUT2D eigenvalue weighted by Gasteiger charge is -2.16. The van der Waals surface area contributed by atoms with E-state index in [1.54, 1.807) is 22.6 Å². The number of hydrogen-bond acceptors (Lipinski definition) is 3. The van der Waals surface area contributed by atoms with Crippen LogP contribution in [0.15, 0.2) is 0 Å². The number of rotatable bonds is 3. The zero-order chi connectivity index (χ0) is 14.9. The van der Waals surface area contributed by atoms with E-state index in [1.165, 1.54) is 6.92 Å². The second-order valence-electron chi connectivity index (χ2n) is 3.42. The van der Waals surface area contributed by atoms with Gasteiger partial charge in [0.25, 0.3) is 5.91 Å². The SMILES string of the molecule is CC(=O)Nc1c(I)c(C(N)=O)c(I)c(C(=O)O)c1I. The number of halogens is 3. The van der Waals surface area contributed by atoms with E-state index < -0.39 is 11.9 Å². The van der Waals surface area contributed by atoms with Gasteiger partial charge in [-0.15, -0.1) is 0 Å². The first-order valence-electron chi connectivity index (χ1n) is 4.69. The Morgan fingerprint density at radius 1 is 1.05 bits per heavy atom. The zero-order valence-electron chi connectivity index (χ0n) is 9.38. The minimum Gasteiger partial charge on any atom is -0.478 e. The van der Waals surface area contributed by atoms with Gasteiger partial charge < -0.3 is 16.2 Å². The minimum atomic E-state index is -1.18. The number of carbonyl (C=O) groups excluding carboxylic acids is 2. The van der Waals surface area contributed by atoms with Gasteiger partial charge in [0.05, 0.1) is 24.0 Å². The van der Waals surface area contributed by atoms with Crippen molar-refractivity contribution in [1.29, 1.82) is 0 Å². The van der Waals surface area contributed by atoms with Crippen LogP contribution in [0.4, 0.5) is 5.69 Å². The van der Waals surface area contributed by atoms with Gasteiger partial charge in [0.1, 0.15) is 0 Å². The van der Waals surface area contributed by atoms with Gasteiger partial charge in [0.15, 0.2) is 0 Å².